The minimum atomic E-state index is -1.57. The third kappa shape index (κ3) is 17.3. The molecule has 0 aromatic rings. The summed E-state index contributed by atoms with van der Waals surface area (Å²) in [6.45, 7) is 15.2. The van der Waals surface area contributed by atoms with Crippen LogP contribution >= 0.6 is 0 Å². The lowest BCUT2D eigenvalue weighted by Gasteiger charge is -2.38. The fourth-order valence-corrected chi connectivity index (χ4v) is 5.02. The lowest BCUT2D eigenvalue weighted by molar-refractivity contribution is -0.173. The number of carboxylic acid groups (broad SMARTS) is 1. The molecule has 17 heteroatoms. The first-order valence-electron chi connectivity index (χ1n) is 16.1. The van der Waals surface area contributed by atoms with Gasteiger partial charge in [-0.1, -0.05) is 46.2 Å². The molecule has 4 N–H and O–H groups in total. The number of aliphatic hydroxyl groups excluding tert-OH is 1. The largest absolute Gasteiger partial charge is 0.465 e. The maximum atomic E-state index is 13.1. The molecule has 2 amide bonds. The predicted molar refractivity (Wildman–Crippen MR) is 183 cm³/mol. The van der Waals surface area contributed by atoms with Crippen molar-refractivity contribution < 1.29 is 72.1 Å². The summed E-state index contributed by atoms with van der Waals surface area (Å²) in [4.78, 5) is 72.5. The van der Waals surface area contributed by atoms with Crippen LogP contribution in [0.4, 0.5) is 9.59 Å². The van der Waals surface area contributed by atoms with Gasteiger partial charge >= 0.3 is 36.1 Å². The minimum absolute atomic E-state index is 0.192. The van der Waals surface area contributed by atoms with E-state index in [4.69, 9.17) is 38.3 Å². The van der Waals surface area contributed by atoms with Gasteiger partial charge in [0.25, 0.3) is 0 Å². The minimum Gasteiger partial charge on any atom is -0.465 e. The molecular formula is C35H50N2O15. The van der Waals surface area contributed by atoms with Crippen LogP contribution in [0.2, 0.25) is 0 Å². The molecule has 17 nitrogen and oxygen atoms in total. The lowest BCUT2D eigenvalue weighted by atomic mass is 9.73. The standard InChI is InChI=1S/C35H50N2O15/c1-7-26(38)47-19-34(20-48-27(39)8-2,21-49-28(40)9-3)17-46-18-35(22-50-29(41)10-4,23-51-30(42)11-5)24-52-32(45)37-25-13-12-14-33(6,15-25)16-36-31(43)44/h7-11,25-26,36,38H,1-5,12-24H2,6H3,(H,37,45)(H,43,44). The number of aliphatic hydroxyl groups is 1. The molecule has 0 aliphatic heterocycles. The summed E-state index contributed by atoms with van der Waals surface area (Å²) >= 11 is 0. The quantitative estimate of drug-likeness (QED) is 0.0346. The summed E-state index contributed by atoms with van der Waals surface area (Å²) in [7, 11) is 0. The Kier molecular flexibility index (Phi) is 19.7. The first kappa shape index (κ1) is 45.0. The molecule has 0 radical (unpaired) electrons. The molecule has 1 saturated carbocycles. The maximum Gasteiger partial charge on any atom is 0.407 e. The molecule has 3 atom stereocenters. The van der Waals surface area contributed by atoms with Crippen molar-refractivity contribution in [2.24, 2.45) is 16.2 Å². The number of hydrogen-bond acceptors (Lipinski definition) is 14. The van der Waals surface area contributed by atoms with Gasteiger partial charge in [0, 0.05) is 36.9 Å². The van der Waals surface area contributed by atoms with E-state index in [9.17, 15) is 33.9 Å². The Labute approximate surface area is 302 Å². The van der Waals surface area contributed by atoms with Gasteiger partial charge in [0.05, 0.1) is 30.7 Å². The Hall–Kier alpha value is -5.00. The Balaban J connectivity index is 3.36. The molecule has 1 aliphatic carbocycles. The molecular weight excluding hydrogens is 688 g/mol. The highest BCUT2D eigenvalue weighted by Crippen LogP contribution is 2.35. The van der Waals surface area contributed by atoms with Crippen LogP contribution in [-0.4, -0.2) is 118 Å². The molecule has 0 heterocycles. The summed E-state index contributed by atoms with van der Waals surface area (Å²) < 4.78 is 38.1. The van der Waals surface area contributed by atoms with Crippen LogP contribution in [0.3, 0.4) is 0 Å². The van der Waals surface area contributed by atoms with Gasteiger partial charge in [-0.3, -0.25) is 0 Å². The van der Waals surface area contributed by atoms with E-state index in [1.165, 1.54) is 0 Å². The Morgan fingerprint density at radius 2 is 1.19 bits per heavy atom. The van der Waals surface area contributed by atoms with Gasteiger partial charge in [0.2, 0.25) is 0 Å². The van der Waals surface area contributed by atoms with E-state index < -0.39 is 111 Å². The smallest absolute Gasteiger partial charge is 0.407 e. The number of carbonyl (C=O) groups excluding carboxylic acids is 5. The number of amides is 2. The third-order valence-electron chi connectivity index (χ3n) is 7.90. The number of rotatable bonds is 25. The summed E-state index contributed by atoms with van der Waals surface area (Å²) in [6.07, 6.45) is 3.70. The molecule has 290 valence electrons. The van der Waals surface area contributed by atoms with Gasteiger partial charge in [-0.15, -0.1) is 0 Å². The van der Waals surface area contributed by atoms with Crippen LogP contribution in [0.5, 0.6) is 0 Å². The molecule has 1 fully saturated rings. The zero-order valence-electron chi connectivity index (χ0n) is 29.5. The van der Waals surface area contributed by atoms with Gasteiger partial charge in [-0.05, 0) is 30.8 Å². The van der Waals surface area contributed by atoms with E-state index in [1.54, 1.807) is 0 Å². The van der Waals surface area contributed by atoms with E-state index in [1.807, 2.05) is 6.92 Å². The summed E-state index contributed by atoms with van der Waals surface area (Å²) in [6, 6.07) is -0.354. The summed E-state index contributed by atoms with van der Waals surface area (Å²) in [5.74, 6) is -3.37. The first-order valence-corrected chi connectivity index (χ1v) is 16.1. The second-order valence-corrected chi connectivity index (χ2v) is 12.7. The van der Waals surface area contributed by atoms with Crippen LogP contribution < -0.4 is 10.6 Å². The third-order valence-corrected chi connectivity index (χ3v) is 7.90. The SMILES string of the molecule is C=CC(=O)OCC(COCC(COC(=O)C=C)(COC(=O)C=C)COC(O)C=C)(COC(=O)C=C)COC(=O)NC1CCCC(C)(CNC(=O)O)C1. The average molecular weight is 739 g/mol. The van der Waals surface area contributed by atoms with Crippen molar-refractivity contribution in [3.8, 4) is 0 Å². The topological polar surface area (TPSA) is 232 Å². The fraction of sp³-hybridized carbons (Fsp3) is 0.543. The normalized spacial score (nSPS) is 17.5. The summed E-state index contributed by atoms with van der Waals surface area (Å²) in [5.41, 5.74) is -3.46. The van der Waals surface area contributed by atoms with E-state index in [-0.39, 0.29) is 12.6 Å². The monoisotopic (exact) mass is 738 g/mol. The molecule has 0 saturated heterocycles. The summed E-state index contributed by atoms with van der Waals surface area (Å²) in [5, 5.41) is 24.2. The number of alkyl carbamates (subject to hydrolysis) is 1. The number of esters is 4. The van der Waals surface area contributed by atoms with Crippen LogP contribution in [0, 0.1) is 16.2 Å². The Morgan fingerprint density at radius 1 is 0.750 bits per heavy atom. The number of nitrogens with one attached hydrogen (secondary N) is 2. The van der Waals surface area contributed by atoms with E-state index in [0.717, 1.165) is 43.2 Å². The highest BCUT2D eigenvalue weighted by atomic mass is 16.6. The van der Waals surface area contributed by atoms with Gasteiger partial charge in [-0.2, -0.15) is 0 Å². The van der Waals surface area contributed by atoms with Crippen LogP contribution in [0.25, 0.3) is 0 Å². The molecule has 52 heavy (non-hydrogen) atoms. The van der Waals surface area contributed by atoms with Crippen molar-refractivity contribution in [2.45, 2.75) is 44.9 Å². The van der Waals surface area contributed by atoms with E-state index in [0.29, 0.717) is 12.8 Å². The van der Waals surface area contributed by atoms with Gasteiger partial charge in [0.1, 0.15) is 33.0 Å². The molecule has 0 spiro atoms. The number of ether oxygens (including phenoxy) is 7. The van der Waals surface area contributed by atoms with E-state index in [2.05, 4.69) is 43.5 Å². The predicted octanol–water partition coefficient (Wildman–Crippen LogP) is 2.36. The van der Waals surface area contributed by atoms with E-state index >= 15 is 0 Å². The molecule has 0 bridgehead atoms. The van der Waals surface area contributed by atoms with Gasteiger partial charge in [0.15, 0.2) is 6.29 Å². The van der Waals surface area contributed by atoms with Crippen molar-refractivity contribution in [3.63, 3.8) is 0 Å². The molecule has 1 aliphatic rings. The van der Waals surface area contributed by atoms with Crippen molar-refractivity contribution >= 4 is 36.1 Å². The second kappa shape index (κ2) is 22.7. The molecule has 3 unspecified atom stereocenters. The zero-order chi connectivity index (χ0) is 39.2. The Bertz CT molecular complexity index is 1250. The van der Waals surface area contributed by atoms with Crippen molar-refractivity contribution in [1.29, 1.82) is 0 Å². The van der Waals surface area contributed by atoms with Crippen LogP contribution in [0.15, 0.2) is 63.3 Å². The number of carbonyl (C=O) groups is 6. The van der Waals surface area contributed by atoms with Gasteiger partial charge in [-0.25, -0.2) is 28.8 Å². The molecule has 0 aromatic heterocycles. The second-order valence-electron chi connectivity index (χ2n) is 12.7. The Morgan fingerprint density at radius 3 is 1.62 bits per heavy atom. The highest BCUT2D eigenvalue weighted by Gasteiger charge is 2.41. The number of hydrogen-bond donors (Lipinski definition) is 4. The average Bonchev–Trinajstić information content (AvgIpc) is 3.13. The van der Waals surface area contributed by atoms with Crippen LogP contribution in [0.1, 0.15) is 32.6 Å². The maximum absolute atomic E-state index is 13.1. The van der Waals surface area contributed by atoms with Crippen molar-refractivity contribution in [3.05, 3.63) is 63.3 Å². The fourth-order valence-electron chi connectivity index (χ4n) is 5.02. The first-order chi connectivity index (χ1) is 24.6. The van der Waals surface area contributed by atoms with Gasteiger partial charge < -0.3 is 54.0 Å². The van der Waals surface area contributed by atoms with Crippen molar-refractivity contribution in [1.82, 2.24) is 10.6 Å². The van der Waals surface area contributed by atoms with Crippen LogP contribution in [-0.2, 0) is 52.3 Å². The lowest BCUT2D eigenvalue weighted by Crippen LogP contribution is -2.49. The highest BCUT2D eigenvalue weighted by molar-refractivity contribution is 5.82. The molecule has 1 rings (SSSR count). The molecule has 0 aromatic carbocycles. The van der Waals surface area contributed by atoms with Crippen molar-refractivity contribution in [2.75, 3.05) is 59.4 Å². The zero-order valence-corrected chi connectivity index (χ0v) is 29.5.